The molecular weight excluding hydrogens is 486 g/mol. The van der Waals surface area contributed by atoms with Crippen molar-refractivity contribution < 1.29 is 24.0 Å². The van der Waals surface area contributed by atoms with E-state index in [1.165, 1.54) is 11.3 Å². The van der Waals surface area contributed by atoms with E-state index in [0.29, 0.717) is 24.7 Å². The monoisotopic (exact) mass is 523 g/mol. The second-order valence-corrected chi connectivity index (χ2v) is 12.6. The van der Waals surface area contributed by atoms with E-state index in [1.54, 1.807) is 11.8 Å². The van der Waals surface area contributed by atoms with Crippen LogP contribution in [0.5, 0.6) is 0 Å². The Bertz CT molecular complexity index is 1110. The summed E-state index contributed by atoms with van der Waals surface area (Å²) in [6, 6.07) is 18.3. The van der Waals surface area contributed by atoms with Crippen molar-refractivity contribution >= 4 is 23.4 Å². The molecule has 1 N–H and O–H groups in total. The highest BCUT2D eigenvalue weighted by Gasteiger charge is 2.69. The lowest BCUT2D eigenvalue weighted by Crippen LogP contribution is -2.70. The summed E-state index contributed by atoms with van der Waals surface area (Å²) < 4.78 is 13.1. The maximum absolute atomic E-state index is 12.9. The maximum Gasteiger partial charge on any atom is 0.224 e. The van der Waals surface area contributed by atoms with Crippen LogP contribution in [0.3, 0.4) is 0 Å². The van der Waals surface area contributed by atoms with Gasteiger partial charge < -0.3 is 14.8 Å². The summed E-state index contributed by atoms with van der Waals surface area (Å²) in [5.41, 5.74) is 0.261. The number of hydrogen-bond acceptors (Lipinski definition) is 6. The van der Waals surface area contributed by atoms with Gasteiger partial charge in [-0.1, -0.05) is 43.8 Å². The number of hydrogen-bond donors (Lipinski definition) is 1. The average molecular weight is 524 g/mol. The van der Waals surface area contributed by atoms with Gasteiger partial charge in [0.15, 0.2) is 11.9 Å². The summed E-state index contributed by atoms with van der Waals surface area (Å²) in [6.07, 6.45) is 4.62. The average Bonchev–Trinajstić information content (AvgIpc) is 3.13. The molecule has 2 aromatic carbocycles. The van der Waals surface area contributed by atoms with E-state index in [4.69, 9.17) is 19.2 Å². The quantitative estimate of drug-likeness (QED) is 0.420. The molecule has 198 valence electrons. The van der Waals surface area contributed by atoms with Crippen LogP contribution in [0.15, 0.2) is 64.4 Å². The molecule has 5 aliphatic rings. The van der Waals surface area contributed by atoms with Crippen molar-refractivity contribution in [2.75, 3.05) is 5.32 Å². The molecule has 2 aromatic rings. The van der Waals surface area contributed by atoms with Gasteiger partial charge in [-0.05, 0) is 86.8 Å². The first-order valence-corrected chi connectivity index (χ1v) is 14.5. The second kappa shape index (κ2) is 10.0. The number of amides is 1. The minimum atomic E-state index is -0.773. The van der Waals surface area contributed by atoms with E-state index >= 15 is 0 Å². The lowest BCUT2D eigenvalue weighted by Gasteiger charge is -2.60. The molecule has 5 fully saturated rings. The van der Waals surface area contributed by atoms with Crippen molar-refractivity contribution in [3.63, 3.8) is 0 Å². The lowest BCUT2D eigenvalue weighted by atomic mass is 9.57. The van der Waals surface area contributed by atoms with Crippen LogP contribution < -0.4 is 5.32 Å². The summed E-state index contributed by atoms with van der Waals surface area (Å²) in [7, 11) is 0. The minimum absolute atomic E-state index is 0.00421. The normalized spacial score (nSPS) is 38.5. The van der Waals surface area contributed by atoms with Gasteiger partial charge in [0.1, 0.15) is 0 Å². The number of carbonyl (C=O) groups excluding carboxylic acids is 1. The van der Waals surface area contributed by atoms with Crippen molar-refractivity contribution in [3.8, 4) is 0 Å². The number of nitrogens with one attached hydrogen (secondary N) is 1. The molecule has 0 aromatic heterocycles. The highest BCUT2D eigenvalue weighted by atomic mass is 32.2. The number of benzene rings is 2. The zero-order chi connectivity index (χ0) is 25.6. The fraction of sp³-hybridized carbons (Fsp3) is 0.567. The van der Waals surface area contributed by atoms with Gasteiger partial charge in [0, 0.05) is 34.2 Å². The molecular formula is C30H37NO5S. The Morgan fingerprint density at radius 1 is 0.973 bits per heavy atom. The van der Waals surface area contributed by atoms with Crippen LogP contribution in [0, 0.1) is 23.7 Å². The molecule has 8 atom stereocenters. The minimum Gasteiger partial charge on any atom is -0.346 e. The molecule has 4 aliphatic heterocycles. The van der Waals surface area contributed by atoms with E-state index in [1.807, 2.05) is 49.4 Å². The molecule has 1 unspecified atom stereocenters. The third-order valence-corrected chi connectivity index (χ3v) is 10.1. The predicted molar refractivity (Wildman–Crippen MR) is 142 cm³/mol. The molecule has 37 heavy (non-hydrogen) atoms. The largest absolute Gasteiger partial charge is 0.346 e. The van der Waals surface area contributed by atoms with Crippen LogP contribution in [-0.4, -0.2) is 29.7 Å². The molecule has 4 heterocycles. The highest BCUT2D eigenvalue weighted by molar-refractivity contribution is 7.99. The smallest absolute Gasteiger partial charge is 0.224 e. The number of ether oxygens (including phenoxy) is 2. The van der Waals surface area contributed by atoms with Crippen molar-refractivity contribution in [3.05, 3.63) is 54.6 Å². The van der Waals surface area contributed by atoms with Crippen LogP contribution in [0.2, 0.25) is 0 Å². The Morgan fingerprint density at radius 2 is 1.73 bits per heavy atom. The standard InChI is InChI=1S/C30H37NO5S/c1-19-9-14-25-20(2)26(33-28-30(25)24(19)17-18-29(3,34-28)35-36-30)15-16-27(32)31-21-10-12-23(13-11-21)37-22-7-5-4-6-8-22/h4-8,10-13,19-20,24-26,28H,9,14-18H2,1-3H3,(H,31,32)/t19-,20-,24+,25+,26-,28-,29?,30-/m1/s1. The first-order valence-electron chi connectivity index (χ1n) is 13.7. The van der Waals surface area contributed by atoms with Gasteiger partial charge >= 0.3 is 0 Å². The topological polar surface area (TPSA) is 66.0 Å². The first-order chi connectivity index (χ1) is 17.9. The Kier molecular flexibility index (Phi) is 6.87. The van der Waals surface area contributed by atoms with Gasteiger partial charge in [-0.25, -0.2) is 9.78 Å². The Hall–Kier alpha value is -1.90. The SMILES string of the molecule is C[C@H]1[C@@H](CCC(=O)Nc2ccc(Sc3ccccc3)cc2)O[C@@H]2OC3(C)CC[C@H]4[C@H](C)CC[C@@H]1[C@@]24OO3. The van der Waals surface area contributed by atoms with Gasteiger partial charge in [0.25, 0.3) is 0 Å². The summed E-state index contributed by atoms with van der Waals surface area (Å²) in [4.78, 5) is 27.3. The van der Waals surface area contributed by atoms with Crippen LogP contribution in [-0.2, 0) is 24.0 Å². The molecule has 0 radical (unpaired) electrons. The molecule has 1 amide bonds. The van der Waals surface area contributed by atoms with Crippen molar-refractivity contribution in [1.82, 2.24) is 0 Å². The van der Waals surface area contributed by atoms with E-state index in [-0.39, 0.29) is 23.8 Å². The van der Waals surface area contributed by atoms with E-state index in [9.17, 15) is 4.79 Å². The maximum atomic E-state index is 12.9. The molecule has 1 spiro atoms. The summed E-state index contributed by atoms with van der Waals surface area (Å²) in [5, 5.41) is 3.06. The van der Waals surface area contributed by atoms with Gasteiger partial charge in [0.2, 0.25) is 11.7 Å². The molecule has 6 nitrogen and oxygen atoms in total. The molecule has 7 heteroatoms. The van der Waals surface area contributed by atoms with Crippen LogP contribution in [0.4, 0.5) is 5.69 Å². The van der Waals surface area contributed by atoms with E-state index < -0.39 is 17.7 Å². The van der Waals surface area contributed by atoms with Crippen molar-refractivity contribution in [1.29, 1.82) is 0 Å². The van der Waals surface area contributed by atoms with Crippen LogP contribution in [0.1, 0.15) is 59.3 Å². The third-order valence-electron chi connectivity index (χ3n) is 9.07. The van der Waals surface area contributed by atoms with Gasteiger partial charge in [-0.15, -0.1) is 0 Å². The Labute approximate surface area is 223 Å². The number of carbonyl (C=O) groups is 1. The van der Waals surface area contributed by atoms with Gasteiger partial charge in [-0.2, -0.15) is 0 Å². The van der Waals surface area contributed by atoms with Crippen LogP contribution in [0.25, 0.3) is 0 Å². The Balaban J connectivity index is 1.08. The summed E-state index contributed by atoms with van der Waals surface area (Å²) in [5.74, 6) is 0.674. The first kappa shape index (κ1) is 25.4. The summed E-state index contributed by atoms with van der Waals surface area (Å²) >= 11 is 1.71. The zero-order valence-electron chi connectivity index (χ0n) is 21.9. The number of fused-ring (bicyclic) bond motifs is 2. The van der Waals surface area contributed by atoms with Gasteiger partial charge in [-0.3, -0.25) is 4.79 Å². The number of anilines is 1. The lowest BCUT2D eigenvalue weighted by molar-refractivity contribution is -0.571. The molecule has 7 rings (SSSR count). The van der Waals surface area contributed by atoms with E-state index in [2.05, 4.69) is 31.3 Å². The van der Waals surface area contributed by atoms with Crippen molar-refractivity contribution in [2.45, 2.75) is 92.9 Å². The molecule has 1 saturated carbocycles. The molecule has 1 aliphatic carbocycles. The van der Waals surface area contributed by atoms with E-state index in [0.717, 1.165) is 29.8 Å². The predicted octanol–water partition coefficient (Wildman–Crippen LogP) is 6.81. The third kappa shape index (κ3) is 4.74. The number of rotatable bonds is 6. The Morgan fingerprint density at radius 3 is 2.51 bits per heavy atom. The summed E-state index contributed by atoms with van der Waals surface area (Å²) in [6.45, 7) is 6.52. The molecule has 2 bridgehead atoms. The molecule has 4 saturated heterocycles. The van der Waals surface area contributed by atoms with Crippen molar-refractivity contribution in [2.24, 2.45) is 23.7 Å². The second-order valence-electron chi connectivity index (χ2n) is 11.5. The fourth-order valence-corrected chi connectivity index (χ4v) is 7.87. The van der Waals surface area contributed by atoms with Gasteiger partial charge in [0.05, 0.1) is 6.10 Å². The fourth-order valence-electron chi connectivity index (χ4n) is 7.04. The highest BCUT2D eigenvalue weighted by Crippen LogP contribution is 2.60. The zero-order valence-corrected chi connectivity index (χ0v) is 22.7. The van der Waals surface area contributed by atoms with Crippen LogP contribution >= 0.6 is 11.8 Å².